The summed E-state index contributed by atoms with van der Waals surface area (Å²) < 4.78 is 10.6. The fraction of sp³-hybridized carbons (Fsp3) is 0.194. The summed E-state index contributed by atoms with van der Waals surface area (Å²) in [6.07, 6.45) is 1.67. The standard InChI is InChI=1S/C31H30N2O5/c1-20-10-14-25(15-11-20)32-28(34)19-38-26-16-12-23(13-17-26)18-27-29(31(36)37-4)22(3)33(30(27)35)21(2)24-8-6-5-7-9-24/h5-18,21H,19H2,1-4H3,(H,32,34)/b27-18-/t21-/m1/s1. The van der Waals surface area contributed by atoms with E-state index in [2.05, 4.69) is 5.32 Å². The summed E-state index contributed by atoms with van der Waals surface area (Å²) in [6.45, 7) is 5.51. The molecule has 1 N–H and O–H groups in total. The highest BCUT2D eigenvalue weighted by atomic mass is 16.5. The normalized spacial score (nSPS) is 15.0. The van der Waals surface area contributed by atoms with Crippen LogP contribution in [0.5, 0.6) is 5.75 Å². The summed E-state index contributed by atoms with van der Waals surface area (Å²) in [6, 6.07) is 23.8. The van der Waals surface area contributed by atoms with E-state index in [0.29, 0.717) is 22.7 Å². The summed E-state index contributed by atoms with van der Waals surface area (Å²) in [5, 5.41) is 2.79. The van der Waals surface area contributed by atoms with E-state index in [-0.39, 0.29) is 35.6 Å². The van der Waals surface area contributed by atoms with Crippen LogP contribution in [0.1, 0.15) is 36.6 Å². The minimum atomic E-state index is -0.565. The lowest BCUT2D eigenvalue weighted by Gasteiger charge is -2.26. The fourth-order valence-electron chi connectivity index (χ4n) is 4.35. The van der Waals surface area contributed by atoms with Crippen molar-refractivity contribution in [2.75, 3.05) is 19.0 Å². The van der Waals surface area contributed by atoms with Crippen molar-refractivity contribution in [2.24, 2.45) is 0 Å². The molecular formula is C31H30N2O5. The Kier molecular flexibility index (Phi) is 8.06. The molecule has 0 saturated carbocycles. The molecule has 0 aliphatic carbocycles. The highest BCUT2D eigenvalue weighted by Crippen LogP contribution is 2.37. The first kappa shape index (κ1) is 26.4. The predicted octanol–water partition coefficient (Wildman–Crippen LogP) is 5.45. The van der Waals surface area contributed by atoms with Gasteiger partial charge in [0.15, 0.2) is 6.61 Å². The van der Waals surface area contributed by atoms with Crippen molar-refractivity contribution < 1.29 is 23.9 Å². The van der Waals surface area contributed by atoms with Crippen molar-refractivity contribution >= 4 is 29.5 Å². The van der Waals surface area contributed by atoms with Gasteiger partial charge < -0.3 is 19.7 Å². The molecule has 1 aliphatic heterocycles. The monoisotopic (exact) mass is 510 g/mol. The van der Waals surface area contributed by atoms with Crippen molar-refractivity contribution in [3.05, 3.63) is 112 Å². The number of hydrogen-bond acceptors (Lipinski definition) is 5. The zero-order chi connectivity index (χ0) is 27.2. The van der Waals surface area contributed by atoms with E-state index in [4.69, 9.17) is 9.47 Å². The van der Waals surface area contributed by atoms with Crippen molar-refractivity contribution in [3.63, 3.8) is 0 Å². The van der Waals surface area contributed by atoms with Gasteiger partial charge in [-0.1, -0.05) is 60.2 Å². The van der Waals surface area contributed by atoms with Gasteiger partial charge in [-0.2, -0.15) is 0 Å². The molecule has 0 bridgehead atoms. The third kappa shape index (κ3) is 5.83. The molecule has 0 fully saturated rings. The van der Waals surface area contributed by atoms with Gasteiger partial charge in [-0.15, -0.1) is 0 Å². The van der Waals surface area contributed by atoms with Crippen LogP contribution in [0.15, 0.2) is 95.7 Å². The predicted molar refractivity (Wildman–Crippen MR) is 146 cm³/mol. The van der Waals surface area contributed by atoms with E-state index in [0.717, 1.165) is 11.1 Å². The molecule has 3 aromatic carbocycles. The highest BCUT2D eigenvalue weighted by molar-refractivity contribution is 6.16. The number of allylic oxidation sites excluding steroid dienone is 1. The van der Waals surface area contributed by atoms with Gasteiger partial charge in [-0.25, -0.2) is 4.79 Å². The average Bonchev–Trinajstić information content (AvgIpc) is 3.17. The third-order valence-electron chi connectivity index (χ3n) is 6.40. The van der Waals surface area contributed by atoms with Crippen LogP contribution >= 0.6 is 0 Å². The molecular weight excluding hydrogens is 480 g/mol. The number of nitrogens with one attached hydrogen (secondary N) is 1. The molecule has 1 aliphatic rings. The molecule has 0 saturated heterocycles. The lowest BCUT2D eigenvalue weighted by molar-refractivity contribution is -0.136. The number of carbonyl (C=O) groups is 3. The van der Waals surface area contributed by atoms with Crippen molar-refractivity contribution in [3.8, 4) is 5.75 Å². The van der Waals surface area contributed by atoms with Gasteiger partial charge in [0.25, 0.3) is 11.8 Å². The van der Waals surface area contributed by atoms with Gasteiger partial charge in [-0.3, -0.25) is 9.59 Å². The Hall–Kier alpha value is -4.65. The summed E-state index contributed by atoms with van der Waals surface area (Å²) in [5.74, 6) is -0.604. The molecule has 1 atom stereocenters. The van der Waals surface area contributed by atoms with E-state index < -0.39 is 5.97 Å². The Labute approximate surface area is 222 Å². The molecule has 2 amide bonds. The number of amides is 2. The summed E-state index contributed by atoms with van der Waals surface area (Å²) in [5.41, 5.74) is 4.52. The van der Waals surface area contributed by atoms with Gasteiger partial charge in [0.2, 0.25) is 0 Å². The molecule has 0 unspecified atom stereocenters. The van der Waals surface area contributed by atoms with Crippen LogP contribution in [0.2, 0.25) is 0 Å². The maximum atomic E-state index is 13.5. The van der Waals surface area contributed by atoms with Crippen LogP contribution < -0.4 is 10.1 Å². The van der Waals surface area contributed by atoms with Crippen LogP contribution in [-0.2, 0) is 19.1 Å². The van der Waals surface area contributed by atoms with Crippen LogP contribution in [-0.4, -0.2) is 36.4 Å². The maximum Gasteiger partial charge on any atom is 0.340 e. The lowest BCUT2D eigenvalue weighted by Crippen LogP contribution is -2.28. The molecule has 1 heterocycles. The van der Waals surface area contributed by atoms with Gasteiger partial charge >= 0.3 is 5.97 Å². The number of nitrogens with zero attached hydrogens (tertiary/aromatic N) is 1. The largest absolute Gasteiger partial charge is 0.484 e. The number of aryl methyl sites for hydroxylation is 1. The number of benzene rings is 3. The number of hydrogen-bond donors (Lipinski definition) is 1. The minimum Gasteiger partial charge on any atom is -0.484 e. The van der Waals surface area contributed by atoms with Crippen molar-refractivity contribution in [2.45, 2.75) is 26.8 Å². The first-order chi connectivity index (χ1) is 18.3. The lowest BCUT2D eigenvalue weighted by atomic mass is 10.0. The number of ether oxygens (including phenoxy) is 2. The van der Waals surface area contributed by atoms with Crippen LogP contribution in [0.4, 0.5) is 5.69 Å². The smallest absolute Gasteiger partial charge is 0.340 e. The summed E-state index contributed by atoms with van der Waals surface area (Å²) in [7, 11) is 1.30. The Bertz CT molecular complexity index is 1390. The van der Waals surface area contributed by atoms with Crippen molar-refractivity contribution in [1.82, 2.24) is 4.90 Å². The Morgan fingerprint density at radius 1 is 0.947 bits per heavy atom. The summed E-state index contributed by atoms with van der Waals surface area (Å²) >= 11 is 0. The van der Waals surface area contributed by atoms with E-state index in [1.165, 1.54) is 7.11 Å². The molecule has 7 nitrogen and oxygen atoms in total. The van der Waals surface area contributed by atoms with Crippen LogP contribution in [0.3, 0.4) is 0 Å². The van der Waals surface area contributed by atoms with Gasteiger partial charge in [0.1, 0.15) is 5.75 Å². The SMILES string of the molecule is COC(=O)C1=C(C)N([C@H](C)c2ccccc2)C(=O)/C1=C\c1ccc(OCC(=O)Nc2ccc(C)cc2)cc1. The maximum absolute atomic E-state index is 13.5. The number of rotatable bonds is 8. The first-order valence-electron chi connectivity index (χ1n) is 12.3. The Morgan fingerprint density at radius 2 is 1.61 bits per heavy atom. The molecule has 194 valence electrons. The van der Waals surface area contributed by atoms with Crippen LogP contribution in [0.25, 0.3) is 6.08 Å². The number of carbonyl (C=O) groups excluding carboxylic acids is 3. The zero-order valence-corrected chi connectivity index (χ0v) is 21.9. The topological polar surface area (TPSA) is 84.9 Å². The van der Waals surface area contributed by atoms with Gasteiger partial charge in [0.05, 0.1) is 24.3 Å². The third-order valence-corrected chi connectivity index (χ3v) is 6.40. The van der Waals surface area contributed by atoms with Crippen LogP contribution in [0, 0.1) is 6.92 Å². The Balaban J connectivity index is 1.49. The Morgan fingerprint density at radius 3 is 2.24 bits per heavy atom. The second kappa shape index (κ2) is 11.6. The highest BCUT2D eigenvalue weighted by Gasteiger charge is 2.39. The molecule has 7 heteroatoms. The number of esters is 1. The van der Waals surface area contributed by atoms with E-state index in [1.807, 2.05) is 68.4 Å². The molecule has 0 radical (unpaired) electrons. The second-order valence-electron chi connectivity index (χ2n) is 9.04. The zero-order valence-electron chi connectivity index (χ0n) is 21.9. The van der Waals surface area contributed by atoms with E-state index in [9.17, 15) is 14.4 Å². The quantitative estimate of drug-likeness (QED) is 0.322. The second-order valence-corrected chi connectivity index (χ2v) is 9.04. The van der Waals surface area contributed by atoms with E-state index >= 15 is 0 Å². The molecule has 38 heavy (non-hydrogen) atoms. The molecule has 0 spiro atoms. The van der Waals surface area contributed by atoms with Crippen molar-refractivity contribution in [1.29, 1.82) is 0 Å². The van der Waals surface area contributed by atoms with E-state index in [1.54, 1.807) is 42.2 Å². The molecule has 0 aromatic heterocycles. The number of anilines is 1. The average molecular weight is 511 g/mol. The fourth-order valence-corrected chi connectivity index (χ4v) is 4.35. The van der Waals surface area contributed by atoms with Gasteiger partial charge in [-0.05, 0) is 62.2 Å². The van der Waals surface area contributed by atoms with Gasteiger partial charge in [0, 0.05) is 11.4 Å². The first-order valence-corrected chi connectivity index (χ1v) is 12.3. The minimum absolute atomic E-state index is 0.145. The molecule has 4 rings (SSSR count). The summed E-state index contributed by atoms with van der Waals surface area (Å²) in [4.78, 5) is 40.0. The number of methoxy groups -OCH3 is 1. The molecule has 3 aromatic rings.